The number of nitrogens with two attached hydrogens (primary N) is 1. The fourth-order valence-corrected chi connectivity index (χ4v) is 4.92. The van der Waals surface area contributed by atoms with Crippen molar-refractivity contribution in [2.24, 2.45) is 5.73 Å². The maximum absolute atomic E-state index is 14.1. The monoisotopic (exact) mass is 508 g/mol. The summed E-state index contributed by atoms with van der Waals surface area (Å²) in [5, 5.41) is 11.0. The van der Waals surface area contributed by atoms with Crippen LogP contribution in [0.5, 0.6) is 5.75 Å². The van der Waals surface area contributed by atoms with E-state index in [1.807, 2.05) is 39.1 Å². The second-order valence-electron chi connectivity index (χ2n) is 9.39. The van der Waals surface area contributed by atoms with E-state index in [0.29, 0.717) is 34.7 Å². The van der Waals surface area contributed by atoms with E-state index in [1.165, 1.54) is 16.7 Å². The van der Waals surface area contributed by atoms with Crippen LogP contribution in [0.1, 0.15) is 30.2 Å². The molecule has 4 rings (SSSR count). The van der Waals surface area contributed by atoms with Crippen LogP contribution in [-0.4, -0.2) is 39.2 Å². The Morgan fingerprint density at radius 3 is 2.58 bits per heavy atom. The first-order valence-electron chi connectivity index (χ1n) is 11.8. The van der Waals surface area contributed by atoms with Crippen LogP contribution in [-0.2, 0) is 6.54 Å². The van der Waals surface area contributed by atoms with E-state index >= 15 is 0 Å². The molecule has 2 heterocycles. The van der Waals surface area contributed by atoms with Gasteiger partial charge in [0.25, 0.3) is 5.56 Å². The number of aryl methyl sites for hydroxylation is 2. The lowest BCUT2D eigenvalue weighted by atomic mass is 9.96. The Kier molecular flexibility index (Phi) is 7.45. The summed E-state index contributed by atoms with van der Waals surface area (Å²) in [4.78, 5) is 20.7. The molecule has 0 aliphatic heterocycles. The van der Waals surface area contributed by atoms with Crippen LogP contribution in [0, 0.1) is 19.7 Å². The third kappa shape index (κ3) is 5.28. The minimum atomic E-state index is -0.633. The predicted octanol–water partition coefficient (Wildman–Crippen LogP) is 5.34. The second kappa shape index (κ2) is 10.4. The average Bonchev–Trinajstić information content (AvgIpc) is 2.77. The van der Waals surface area contributed by atoms with Gasteiger partial charge < -0.3 is 15.7 Å². The average molecular weight is 509 g/mol. The van der Waals surface area contributed by atoms with Crippen molar-refractivity contribution >= 4 is 22.5 Å². The molecule has 36 heavy (non-hydrogen) atoms. The van der Waals surface area contributed by atoms with Gasteiger partial charge in [-0.2, -0.15) is 0 Å². The van der Waals surface area contributed by atoms with Crippen LogP contribution in [0.4, 0.5) is 4.39 Å². The van der Waals surface area contributed by atoms with Crippen molar-refractivity contribution in [1.82, 2.24) is 14.5 Å². The van der Waals surface area contributed by atoms with Crippen LogP contribution >= 0.6 is 11.6 Å². The number of fused-ring (bicyclic) bond motifs is 1. The molecular weight excluding hydrogens is 479 g/mol. The highest BCUT2D eigenvalue weighted by atomic mass is 35.5. The van der Waals surface area contributed by atoms with Gasteiger partial charge in [-0.1, -0.05) is 24.6 Å². The van der Waals surface area contributed by atoms with Crippen LogP contribution in [0.2, 0.25) is 5.02 Å². The van der Waals surface area contributed by atoms with Crippen molar-refractivity contribution in [3.05, 3.63) is 86.7 Å². The zero-order valence-electron chi connectivity index (χ0n) is 20.8. The minimum absolute atomic E-state index is 0.00543. The standard InChI is InChI=1S/C28H30ClFN4O2/c1-5-21(31)14-33(4)15-25-24(18-6-16(2)7-19(29)9-18)13-32-26-8-17(3)34(28(36)27(25)26)22-10-20(30)11-23(35)12-22/h6-13,21,35H,5,14-15,31H2,1-4H3/t21-/m0/s1. The number of hydrogen-bond donors (Lipinski definition) is 2. The minimum Gasteiger partial charge on any atom is -0.508 e. The molecule has 2 aromatic carbocycles. The molecule has 0 spiro atoms. The van der Waals surface area contributed by atoms with Gasteiger partial charge in [0.05, 0.1) is 16.6 Å². The number of rotatable bonds is 7. The number of halogens is 2. The highest BCUT2D eigenvalue weighted by molar-refractivity contribution is 6.31. The van der Waals surface area contributed by atoms with Gasteiger partial charge in [0.15, 0.2) is 0 Å². The summed E-state index contributed by atoms with van der Waals surface area (Å²) in [6, 6.07) is 11.1. The zero-order chi connectivity index (χ0) is 26.1. The van der Waals surface area contributed by atoms with E-state index in [4.69, 9.17) is 17.3 Å². The Hall–Kier alpha value is -3.26. The summed E-state index contributed by atoms with van der Waals surface area (Å²) in [5.74, 6) is -0.891. The summed E-state index contributed by atoms with van der Waals surface area (Å²) >= 11 is 6.38. The first kappa shape index (κ1) is 25.8. The predicted molar refractivity (Wildman–Crippen MR) is 143 cm³/mol. The summed E-state index contributed by atoms with van der Waals surface area (Å²) < 4.78 is 15.5. The number of hydrogen-bond acceptors (Lipinski definition) is 5. The van der Waals surface area contributed by atoms with E-state index in [0.717, 1.165) is 34.7 Å². The van der Waals surface area contributed by atoms with Crippen molar-refractivity contribution in [3.63, 3.8) is 0 Å². The number of phenolic OH excluding ortho intramolecular Hbond substituents is 1. The smallest absolute Gasteiger partial charge is 0.265 e. The van der Waals surface area contributed by atoms with E-state index in [1.54, 1.807) is 19.2 Å². The first-order valence-corrected chi connectivity index (χ1v) is 12.2. The van der Waals surface area contributed by atoms with Crippen LogP contribution in [0.3, 0.4) is 0 Å². The van der Waals surface area contributed by atoms with E-state index in [9.17, 15) is 14.3 Å². The molecule has 6 nitrogen and oxygen atoms in total. The zero-order valence-corrected chi connectivity index (χ0v) is 21.6. The van der Waals surface area contributed by atoms with Gasteiger partial charge in [0.1, 0.15) is 11.6 Å². The molecule has 2 aromatic heterocycles. The molecule has 8 heteroatoms. The Balaban J connectivity index is 2.03. The molecule has 188 valence electrons. The van der Waals surface area contributed by atoms with Gasteiger partial charge in [-0.25, -0.2) is 4.39 Å². The number of pyridine rings is 2. The van der Waals surface area contributed by atoms with Gasteiger partial charge in [-0.3, -0.25) is 14.3 Å². The Morgan fingerprint density at radius 2 is 1.92 bits per heavy atom. The third-order valence-electron chi connectivity index (χ3n) is 6.31. The Morgan fingerprint density at radius 1 is 1.17 bits per heavy atom. The lowest BCUT2D eigenvalue weighted by molar-refractivity contribution is 0.301. The molecule has 0 saturated carbocycles. The molecule has 3 N–H and O–H groups in total. The van der Waals surface area contributed by atoms with E-state index < -0.39 is 5.82 Å². The number of aromatic hydroxyl groups is 1. The second-order valence-corrected chi connectivity index (χ2v) is 9.82. The number of aromatic nitrogens is 2. The van der Waals surface area contributed by atoms with Crippen molar-refractivity contribution in [1.29, 1.82) is 0 Å². The summed E-state index contributed by atoms with van der Waals surface area (Å²) in [5.41, 5.74) is 10.6. The third-order valence-corrected chi connectivity index (χ3v) is 6.53. The molecule has 0 amide bonds. The fourth-order valence-electron chi connectivity index (χ4n) is 4.63. The van der Waals surface area contributed by atoms with Gasteiger partial charge in [-0.05, 0) is 68.3 Å². The molecule has 0 radical (unpaired) electrons. The largest absolute Gasteiger partial charge is 0.508 e. The molecule has 0 saturated heterocycles. The van der Waals surface area contributed by atoms with Gasteiger partial charge >= 0.3 is 0 Å². The summed E-state index contributed by atoms with van der Waals surface area (Å²) in [6.07, 6.45) is 2.60. The van der Waals surface area contributed by atoms with Crippen molar-refractivity contribution < 1.29 is 9.50 Å². The molecular formula is C28H30ClFN4O2. The van der Waals surface area contributed by atoms with Crippen molar-refractivity contribution in [2.75, 3.05) is 13.6 Å². The molecule has 4 aromatic rings. The lowest BCUT2D eigenvalue weighted by Crippen LogP contribution is -2.35. The molecule has 0 aliphatic carbocycles. The van der Waals surface area contributed by atoms with Gasteiger partial charge in [-0.15, -0.1) is 0 Å². The SMILES string of the molecule is CC[C@H](N)CN(C)Cc1c(-c2cc(C)cc(Cl)c2)cnc2cc(C)n(-c3cc(O)cc(F)c3)c(=O)c12. The Labute approximate surface area is 214 Å². The van der Waals surface area contributed by atoms with Crippen molar-refractivity contribution in [2.45, 2.75) is 39.8 Å². The van der Waals surface area contributed by atoms with Crippen molar-refractivity contribution in [3.8, 4) is 22.6 Å². The van der Waals surface area contributed by atoms with Gasteiger partial charge in [0, 0.05) is 53.7 Å². The molecule has 0 bridgehead atoms. The first-order chi connectivity index (χ1) is 17.1. The molecule has 1 atom stereocenters. The Bertz CT molecular complexity index is 1460. The highest BCUT2D eigenvalue weighted by Crippen LogP contribution is 2.32. The lowest BCUT2D eigenvalue weighted by Gasteiger charge is -2.23. The highest BCUT2D eigenvalue weighted by Gasteiger charge is 2.20. The topological polar surface area (TPSA) is 84.4 Å². The molecule has 0 fully saturated rings. The number of likely N-dealkylation sites (N-methyl/N-ethyl adjacent to an activating group) is 1. The van der Waals surface area contributed by atoms with E-state index in [2.05, 4.69) is 9.88 Å². The molecule has 0 unspecified atom stereocenters. The molecule has 0 aliphatic rings. The number of nitrogens with zero attached hydrogens (tertiary/aromatic N) is 3. The van der Waals surface area contributed by atoms with E-state index in [-0.39, 0.29) is 23.0 Å². The maximum Gasteiger partial charge on any atom is 0.265 e. The summed E-state index contributed by atoms with van der Waals surface area (Å²) in [6.45, 7) is 6.84. The number of phenols is 1. The fraction of sp³-hybridized carbons (Fsp3) is 0.286. The van der Waals surface area contributed by atoms with Gasteiger partial charge in [0.2, 0.25) is 0 Å². The number of benzene rings is 2. The normalized spacial score (nSPS) is 12.4. The van der Waals surface area contributed by atoms with Crippen LogP contribution < -0.4 is 11.3 Å². The summed E-state index contributed by atoms with van der Waals surface area (Å²) in [7, 11) is 1.96. The quantitative estimate of drug-likeness (QED) is 0.352. The van der Waals surface area contributed by atoms with Crippen LogP contribution in [0.15, 0.2) is 53.5 Å². The maximum atomic E-state index is 14.1. The van der Waals surface area contributed by atoms with Crippen LogP contribution in [0.25, 0.3) is 27.7 Å².